The van der Waals surface area contributed by atoms with Crippen LogP contribution in [0.2, 0.25) is 0 Å². The van der Waals surface area contributed by atoms with Gasteiger partial charge in [-0.15, -0.1) is 0 Å². The standard InChI is InChI=1S/C19H21F2N3O2/c20-19(21)26-14-8-6-13(7-9-14)11-23-18(25)12-24-10-2-3-15-16(22)4-1-5-17(15)24/h1,4-9,19H,2-3,10-12,22H2,(H,23,25). The van der Waals surface area contributed by atoms with Gasteiger partial charge in [-0.25, -0.2) is 0 Å². The highest BCUT2D eigenvalue weighted by molar-refractivity contribution is 5.82. The Morgan fingerprint density at radius 1 is 1.23 bits per heavy atom. The van der Waals surface area contributed by atoms with Crippen molar-refractivity contribution in [3.05, 3.63) is 53.6 Å². The van der Waals surface area contributed by atoms with Crippen LogP contribution in [0.15, 0.2) is 42.5 Å². The van der Waals surface area contributed by atoms with Crippen LogP contribution in [0, 0.1) is 0 Å². The molecule has 0 unspecified atom stereocenters. The van der Waals surface area contributed by atoms with Crippen LogP contribution in [-0.2, 0) is 17.8 Å². The molecule has 0 bridgehead atoms. The molecule has 2 aromatic rings. The monoisotopic (exact) mass is 361 g/mol. The second-order valence-corrected chi connectivity index (χ2v) is 6.17. The van der Waals surface area contributed by atoms with Crippen molar-refractivity contribution >= 4 is 17.3 Å². The molecule has 7 heteroatoms. The highest BCUT2D eigenvalue weighted by Gasteiger charge is 2.20. The predicted molar refractivity (Wildman–Crippen MR) is 96.3 cm³/mol. The van der Waals surface area contributed by atoms with Crippen LogP contribution in [0.5, 0.6) is 5.75 Å². The third-order valence-electron chi connectivity index (χ3n) is 4.36. The molecule has 1 amide bonds. The number of carbonyl (C=O) groups is 1. The van der Waals surface area contributed by atoms with Crippen molar-refractivity contribution in [1.29, 1.82) is 0 Å². The van der Waals surface area contributed by atoms with E-state index < -0.39 is 6.61 Å². The lowest BCUT2D eigenvalue weighted by Crippen LogP contribution is -2.39. The minimum absolute atomic E-state index is 0.0950. The Bertz CT molecular complexity index is 766. The number of ether oxygens (including phenoxy) is 1. The molecule has 138 valence electrons. The Labute approximate surface area is 150 Å². The van der Waals surface area contributed by atoms with E-state index in [1.54, 1.807) is 12.1 Å². The van der Waals surface area contributed by atoms with Gasteiger partial charge in [-0.2, -0.15) is 8.78 Å². The predicted octanol–water partition coefficient (Wildman–Crippen LogP) is 2.94. The van der Waals surface area contributed by atoms with Crippen molar-refractivity contribution in [3.8, 4) is 5.75 Å². The van der Waals surface area contributed by atoms with Crippen LogP contribution in [-0.4, -0.2) is 25.6 Å². The van der Waals surface area contributed by atoms with Gasteiger partial charge < -0.3 is 20.7 Å². The van der Waals surface area contributed by atoms with Crippen molar-refractivity contribution in [2.75, 3.05) is 23.7 Å². The SMILES string of the molecule is Nc1cccc2c1CCCN2CC(=O)NCc1ccc(OC(F)F)cc1. The van der Waals surface area contributed by atoms with Crippen molar-refractivity contribution in [2.45, 2.75) is 26.0 Å². The highest BCUT2D eigenvalue weighted by Crippen LogP contribution is 2.30. The Morgan fingerprint density at radius 2 is 2.00 bits per heavy atom. The number of rotatable bonds is 6. The van der Waals surface area contributed by atoms with E-state index in [9.17, 15) is 13.6 Å². The maximum atomic E-state index is 12.3. The molecule has 0 saturated heterocycles. The summed E-state index contributed by atoms with van der Waals surface area (Å²) in [7, 11) is 0. The maximum absolute atomic E-state index is 12.3. The lowest BCUT2D eigenvalue weighted by molar-refractivity contribution is -0.119. The Balaban J connectivity index is 1.55. The average Bonchev–Trinajstić information content (AvgIpc) is 2.62. The second kappa shape index (κ2) is 8.03. The molecule has 0 fully saturated rings. The third-order valence-corrected chi connectivity index (χ3v) is 4.36. The average molecular weight is 361 g/mol. The van der Waals surface area contributed by atoms with Gasteiger partial charge in [0.1, 0.15) is 5.75 Å². The maximum Gasteiger partial charge on any atom is 0.387 e. The smallest absolute Gasteiger partial charge is 0.387 e. The first-order valence-electron chi connectivity index (χ1n) is 8.45. The number of hydrogen-bond donors (Lipinski definition) is 2. The van der Waals surface area contributed by atoms with E-state index in [-0.39, 0.29) is 18.2 Å². The molecule has 1 aliphatic rings. The molecular formula is C19H21F2N3O2. The minimum atomic E-state index is -2.85. The highest BCUT2D eigenvalue weighted by atomic mass is 19.3. The van der Waals surface area contributed by atoms with Crippen molar-refractivity contribution in [2.24, 2.45) is 0 Å². The van der Waals surface area contributed by atoms with E-state index in [4.69, 9.17) is 5.73 Å². The van der Waals surface area contributed by atoms with Gasteiger partial charge in [-0.3, -0.25) is 4.79 Å². The summed E-state index contributed by atoms with van der Waals surface area (Å²) >= 11 is 0. The molecule has 0 radical (unpaired) electrons. The fourth-order valence-electron chi connectivity index (χ4n) is 3.11. The number of benzene rings is 2. The molecule has 0 aromatic heterocycles. The molecule has 1 heterocycles. The molecule has 3 rings (SSSR count). The number of nitrogens with one attached hydrogen (secondary N) is 1. The van der Waals surface area contributed by atoms with Crippen molar-refractivity contribution in [1.82, 2.24) is 5.32 Å². The van der Waals surface area contributed by atoms with E-state index in [2.05, 4.69) is 10.1 Å². The molecule has 0 spiro atoms. The number of nitrogens with two attached hydrogens (primary N) is 1. The van der Waals surface area contributed by atoms with Crippen molar-refractivity contribution < 1.29 is 18.3 Å². The number of amides is 1. The van der Waals surface area contributed by atoms with Gasteiger partial charge in [-0.05, 0) is 48.2 Å². The van der Waals surface area contributed by atoms with Gasteiger partial charge in [0, 0.05) is 24.5 Å². The molecule has 1 aliphatic heterocycles. The van der Waals surface area contributed by atoms with Gasteiger partial charge in [0.25, 0.3) is 0 Å². The first-order chi connectivity index (χ1) is 12.5. The lowest BCUT2D eigenvalue weighted by atomic mass is 10.00. The molecule has 0 atom stereocenters. The van der Waals surface area contributed by atoms with Gasteiger partial charge in [-0.1, -0.05) is 18.2 Å². The largest absolute Gasteiger partial charge is 0.435 e. The summed E-state index contributed by atoms with van der Waals surface area (Å²) in [6.07, 6.45) is 1.88. The third kappa shape index (κ3) is 4.41. The number of anilines is 2. The zero-order valence-corrected chi connectivity index (χ0v) is 14.3. The summed E-state index contributed by atoms with van der Waals surface area (Å²) in [6.45, 7) is -1.46. The van der Waals surface area contributed by atoms with Crippen molar-refractivity contribution in [3.63, 3.8) is 0 Å². The number of nitrogens with zero attached hydrogens (tertiary/aromatic N) is 1. The number of carbonyl (C=O) groups excluding carboxylic acids is 1. The first kappa shape index (κ1) is 18.0. The number of fused-ring (bicyclic) bond motifs is 1. The van der Waals surface area contributed by atoms with Gasteiger partial charge in [0.2, 0.25) is 5.91 Å². The molecule has 2 aromatic carbocycles. The molecule has 0 aliphatic carbocycles. The molecular weight excluding hydrogens is 340 g/mol. The van der Waals surface area contributed by atoms with Gasteiger partial charge >= 0.3 is 6.61 Å². The van der Waals surface area contributed by atoms with Crippen LogP contribution in [0.1, 0.15) is 17.5 Å². The summed E-state index contributed by atoms with van der Waals surface area (Å²) in [4.78, 5) is 14.3. The normalized spacial score (nSPS) is 13.4. The Hall–Kier alpha value is -2.83. The van der Waals surface area contributed by atoms with Crippen LogP contribution in [0.4, 0.5) is 20.2 Å². The van der Waals surface area contributed by atoms with Crippen LogP contribution in [0.3, 0.4) is 0 Å². The zero-order chi connectivity index (χ0) is 18.5. The number of hydrogen-bond acceptors (Lipinski definition) is 4. The van der Waals surface area contributed by atoms with Gasteiger partial charge in [0.15, 0.2) is 0 Å². The van der Waals surface area contributed by atoms with E-state index in [0.717, 1.165) is 41.9 Å². The second-order valence-electron chi connectivity index (χ2n) is 6.17. The molecule has 26 heavy (non-hydrogen) atoms. The summed E-state index contributed by atoms with van der Waals surface area (Å²) in [5.74, 6) is -0.00855. The number of halogens is 2. The molecule has 0 saturated carbocycles. The summed E-state index contributed by atoms with van der Waals surface area (Å²) < 4.78 is 28.6. The Kier molecular flexibility index (Phi) is 5.55. The fraction of sp³-hybridized carbons (Fsp3) is 0.316. The van der Waals surface area contributed by atoms with E-state index in [1.807, 2.05) is 23.1 Å². The summed E-state index contributed by atoms with van der Waals surface area (Å²) in [6, 6.07) is 12.0. The first-order valence-corrected chi connectivity index (χ1v) is 8.45. The van der Waals surface area contributed by atoms with Crippen LogP contribution >= 0.6 is 0 Å². The minimum Gasteiger partial charge on any atom is -0.435 e. The van der Waals surface area contributed by atoms with Crippen LogP contribution in [0.25, 0.3) is 0 Å². The molecule has 5 nitrogen and oxygen atoms in total. The van der Waals surface area contributed by atoms with Crippen LogP contribution < -0.4 is 20.7 Å². The number of alkyl halides is 2. The number of nitrogen functional groups attached to an aromatic ring is 1. The van der Waals surface area contributed by atoms with E-state index in [0.29, 0.717) is 6.54 Å². The molecule has 3 N–H and O–H groups in total. The topological polar surface area (TPSA) is 67.6 Å². The van der Waals surface area contributed by atoms with E-state index >= 15 is 0 Å². The Morgan fingerprint density at radius 3 is 2.73 bits per heavy atom. The quantitative estimate of drug-likeness (QED) is 0.777. The summed E-state index contributed by atoms with van der Waals surface area (Å²) in [5.41, 5.74) is 9.71. The summed E-state index contributed by atoms with van der Waals surface area (Å²) in [5, 5.41) is 2.85. The van der Waals surface area contributed by atoms with Gasteiger partial charge in [0.05, 0.1) is 6.54 Å². The zero-order valence-electron chi connectivity index (χ0n) is 14.3. The van der Waals surface area contributed by atoms with E-state index in [1.165, 1.54) is 12.1 Å². The lowest BCUT2D eigenvalue weighted by Gasteiger charge is -2.31. The fourth-order valence-corrected chi connectivity index (χ4v) is 3.11.